The molecule has 0 aromatic heterocycles. The van der Waals surface area contributed by atoms with Crippen LogP contribution in [0.4, 0.5) is 17.1 Å². The van der Waals surface area contributed by atoms with Crippen LogP contribution in [0.2, 0.25) is 0 Å². The van der Waals surface area contributed by atoms with Crippen molar-refractivity contribution in [2.24, 2.45) is 0 Å². The SMILES string of the molecule is O=C1CSc2ccc(NC(=O)c3ccc(Br)c([N+](=O)[O-])c3)cc2N1. The highest BCUT2D eigenvalue weighted by atomic mass is 79.9. The monoisotopic (exact) mass is 407 g/mol. The number of thioether (sulfide) groups is 1. The van der Waals surface area contributed by atoms with Crippen LogP contribution in [0.15, 0.2) is 45.8 Å². The molecular weight excluding hydrogens is 398 g/mol. The molecule has 0 fully saturated rings. The van der Waals surface area contributed by atoms with Gasteiger partial charge in [0.2, 0.25) is 5.91 Å². The average molecular weight is 408 g/mol. The normalized spacial score (nSPS) is 13.0. The van der Waals surface area contributed by atoms with Gasteiger partial charge in [-0.25, -0.2) is 0 Å². The van der Waals surface area contributed by atoms with E-state index in [0.717, 1.165) is 4.90 Å². The lowest BCUT2D eigenvalue weighted by Crippen LogP contribution is -2.19. The molecule has 9 heteroatoms. The molecule has 24 heavy (non-hydrogen) atoms. The number of amides is 2. The predicted octanol–water partition coefficient (Wildman–Crippen LogP) is 3.65. The third kappa shape index (κ3) is 3.41. The van der Waals surface area contributed by atoms with Gasteiger partial charge in [-0.15, -0.1) is 11.8 Å². The van der Waals surface area contributed by atoms with Crippen LogP contribution in [-0.4, -0.2) is 22.5 Å². The van der Waals surface area contributed by atoms with Crippen LogP contribution in [0.25, 0.3) is 0 Å². The number of hydrogen-bond acceptors (Lipinski definition) is 5. The van der Waals surface area contributed by atoms with Gasteiger partial charge in [0.25, 0.3) is 11.6 Å². The van der Waals surface area contributed by atoms with Crippen LogP contribution < -0.4 is 10.6 Å². The van der Waals surface area contributed by atoms with E-state index < -0.39 is 10.8 Å². The van der Waals surface area contributed by atoms with E-state index in [1.165, 1.54) is 30.0 Å². The molecular formula is C15H10BrN3O4S. The highest BCUT2D eigenvalue weighted by Crippen LogP contribution is 2.33. The summed E-state index contributed by atoms with van der Waals surface area (Å²) >= 11 is 4.50. The fourth-order valence-corrected chi connectivity index (χ4v) is 3.34. The van der Waals surface area contributed by atoms with E-state index in [0.29, 0.717) is 21.6 Å². The van der Waals surface area contributed by atoms with Gasteiger partial charge in [-0.05, 0) is 46.3 Å². The van der Waals surface area contributed by atoms with Crippen molar-refractivity contribution in [3.05, 3.63) is 56.5 Å². The van der Waals surface area contributed by atoms with Crippen LogP contribution in [0.3, 0.4) is 0 Å². The molecule has 2 aromatic rings. The Morgan fingerprint density at radius 1 is 1.29 bits per heavy atom. The van der Waals surface area contributed by atoms with E-state index in [4.69, 9.17) is 0 Å². The molecule has 122 valence electrons. The maximum Gasteiger partial charge on any atom is 0.284 e. The molecule has 7 nitrogen and oxygen atoms in total. The molecule has 1 aliphatic rings. The van der Waals surface area contributed by atoms with Crippen molar-refractivity contribution in [3.63, 3.8) is 0 Å². The Morgan fingerprint density at radius 2 is 2.08 bits per heavy atom. The standard InChI is InChI=1S/C15H10BrN3O4S/c16-10-3-1-8(5-12(10)19(22)23)15(21)17-9-2-4-13-11(6-9)18-14(20)7-24-13/h1-6H,7H2,(H,17,21)(H,18,20). The number of nitrogens with one attached hydrogen (secondary N) is 2. The number of carbonyl (C=O) groups excluding carboxylic acids is 2. The first kappa shape index (κ1) is 16.5. The Hall–Kier alpha value is -2.39. The largest absolute Gasteiger partial charge is 0.324 e. The van der Waals surface area contributed by atoms with Gasteiger partial charge in [-0.1, -0.05) is 0 Å². The van der Waals surface area contributed by atoms with Gasteiger partial charge in [0.05, 0.1) is 20.8 Å². The number of hydrogen-bond donors (Lipinski definition) is 2. The lowest BCUT2D eigenvalue weighted by molar-refractivity contribution is -0.385. The van der Waals surface area contributed by atoms with Crippen LogP contribution in [0.5, 0.6) is 0 Å². The number of nitrogens with zero attached hydrogens (tertiary/aromatic N) is 1. The molecule has 2 amide bonds. The first-order chi connectivity index (χ1) is 11.4. The highest BCUT2D eigenvalue weighted by molar-refractivity contribution is 9.10. The van der Waals surface area contributed by atoms with Gasteiger partial charge in [0.1, 0.15) is 0 Å². The molecule has 2 aromatic carbocycles. The summed E-state index contributed by atoms with van der Waals surface area (Å²) in [4.78, 5) is 35.0. The summed E-state index contributed by atoms with van der Waals surface area (Å²) in [5.41, 5.74) is 1.11. The zero-order chi connectivity index (χ0) is 17.3. The summed E-state index contributed by atoms with van der Waals surface area (Å²) in [6.07, 6.45) is 0. The fourth-order valence-electron chi connectivity index (χ4n) is 2.16. The molecule has 0 spiro atoms. The van der Waals surface area contributed by atoms with E-state index in [1.54, 1.807) is 18.2 Å². The fraction of sp³-hybridized carbons (Fsp3) is 0.0667. The number of anilines is 2. The van der Waals surface area contributed by atoms with Crippen molar-refractivity contribution in [2.45, 2.75) is 4.90 Å². The molecule has 0 aliphatic carbocycles. The van der Waals surface area contributed by atoms with E-state index >= 15 is 0 Å². The van der Waals surface area contributed by atoms with Gasteiger partial charge >= 0.3 is 0 Å². The molecule has 3 rings (SSSR count). The van der Waals surface area contributed by atoms with Crippen molar-refractivity contribution < 1.29 is 14.5 Å². The Morgan fingerprint density at radius 3 is 2.83 bits per heavy atom. The van der Waals surface area contributed by atoms with Crippen LogP contribution in [0.1, 0.15) is 10.4 Å². The second-order valence-corrected chi connectivity index (χ2v) is 6.80. The Bertz CT molecular complexity index is 872. The van der Waals surface area contributed by atoms with E-state index in [1.807, 2.05) is 0 Å². The van der Waals surface area contributed by atoms with Crippen molar-refractivity contribution in [1.82, 2.24) is 0 Å². The maximum absolute atomic E-state index is 12.3. The van der Waals surface area contributed by atoms with Crippen molar-refractivity contribution in [1.29, 1.82) is 0 Å². The second kappa shape index (κ2) is 6.62. The number of rotatable bonds is 3. The molecule has 0 atom stereocenters. The minimum absolute atomic E-state index is 0.0977. The number of halogens is 1. The number of benzene rings is 2. The van der Waals surface area contributed by atoms with Crippen LogP contribution in [-0.2, 0) is 4.79 Å². The number of nitro benzene ring substituents is 1. The summed E-state index contributed by atoms with van der Waals surface area (Å²) in [7, 11) is 0. The molecule has 0 saturated carbocycles. The second-order valence-electron chi connectivity index (χ2n) is 4.93. The van der Waals surface area contributed by atoms with Crippen molar-refractivity contribution in [3.8, 4) is 0 Å². The van der Waals surface area contributed by atoms with Gasteiger partial charge in [-0.2, -0.15) is 0 Å². The number of nitro groups is 1. The summed E-state index contributed by atoms with van der Waals surface area (Å²) in [6, 6.07) is 9.33. The van der Waals surface area contributed by atoms with Crippen LogP contribution in [0, 0.1) is 10.1 Å². The maximum atomic E-state index is 12.3. The zero-order valence-electron chi connectivity index (χ0n) is 12.0. The Kier molecular flexibility index (Phi) is 4.54. The smallest absolute Gasteiger partial charge is 0.284 e. The molecule has 2 N–H and O–H groups in total. The van der Waals surface area contributed by atoms with Crippen molar-refractivity contribution in [2.75, 3.05) is 16.4 Å². The quantitative estimate of drug-likeness (QED) is 0.596. The lowest BCUT2D eigenvalue weighted by Gasteiger charge is -2.17. The number of fused-ring (bicyclic) bond motifs is 1. The topological polar surface area (TPSA) is 101 Å². The van der Waals surface area contributed by atoms with Gasteiger partial charge < -0.3 is 10.6 Å². The summed E-state index contributed by atoms with van der Waals surface area (Å²) < 4.78 is 0.303. The summed E-state index contributed by atoms with van der Waals surface area (Å²) in [5.74, 6) is -0.207. The van der Waals surface area contributed by atoms with E-state index in [2.05, 4.69) is 26.6 Å². The highest BCUT2D eigenvalue weighted by Gasteiger charge is 2.18. The Labute approximate surface area is 149 Å². The van der Waals surface area contributed by atoms with Crippen molar-refractivity contribution >= 4 is 56.6 Å². The minimum atomic E-state index is -0.563. The summed E-state index contributed by atoms with van der Waals surface area (Å²) in [6.45, 7) is 0. The van der Waals surface area contributed by atoms with Crippen LogP contribution >= 0.6 is 27.7 Å². The number of carbonyl (C=O) groups is 2. The first-order valence-electron chi connectivity index (χ1n) is 6.76. The third-order valence-electron chi connectivity index (χ3n) is 3.28. The van der Waals surface area contributed by atoms with Gasteiger partial charge in [0, 0.05) is 22.2 Å². The molecule has 1 aliphatic heterocycles. The third-order valence-corrected chi connectivity index (χ3v) is 5.02. The minimum Gasteiger partial charge on any atom is -0.324 e. The molecule has 0 saturated heterocycles. The zero-order valence-corrected chi connectivity index (χ0v) is 14.4. The first-order valence-corrected chi connectivity index (χ1v) is 8.54. The molecule has 0 bridgehead atoms. The average Bonchev–Trinajstić information content (AvgIpc) is 2.54. The molecule has 0 unspecified atom stereocenters. The molecule has 1 heterocycles. The summed E-state index contributed by atoms with van der Waals surface area (Å²) in [5, 5.41) is 16.4. The van der Waals surface area contributed by atoms with Gasteiger partial charge in [-0.3, -0.25) is 19.7 Å². The van der Waals surface area contributed by atoms with E-state index in [-0.39, 0.29) is 17.2 Å². The van der Waals surface area contributed by atoms with E-state index in [9.17, 15) is 19.7 Å². The van der Waals surface area contributed by atoms with Gasteiger partial charge in [0.15, 0.2) is 0 Å². The molecule has 0 radical (unpaired) electrons. The Balaban J connectivity index is 1.83. The lowest BCUT2D eigenvalue weighted by atomic mass is 10.2. The predicted molar refractivity (Wildman–Crippen MR) is 94.5 cm³/mol.